The van der Waals surface area contributed by atoms with E-state index in [2.05, 4.69) is 20.3 Å². The summed E-state index contributed by atoms with van der Waals surface area (Å²) in [4.78, 5) is 13.4. The standard InChI is InChI=1S/C20H16ClN5/c1-14-4-3-11-26(14)19-12-15(7-9-22-19)18-8-10-23-20(25-18)24-17-6-2-5-16(21)13-17/h2-13H,1H3,(H,23,24,25). The van der Waals surface area contributed by atoms with E-state index in [1.807, 2.05) is 72.3 Å². The van der Waals surface area contributed by atoms with Crippen molar-refractivity contribution in [3.63, 3.8) is 0 Å². The van der Waals surface area contributed by atoms with Crippen LogP contribution in [0.25, 0.3) is 17.1 Å². The Bertz CT molecular complexity index is 1060. The van der Waals surface area contributed by atoms with Crippen LogP contribution >= 0.6 is 11.6 Å². The highest BCUT2D eigenvalue weighted by Gasteiger charge is 2.07. The molecular weight excluding hydrogens is 346 g/mol. The number of pyridine rings is 1. The van der Waals surface area contributed by atoms with Crippen molar-refractivity contribution in [2.24, 2.45) is 0 Å². The second-order valence-electron chi connectivity index (χ2n) is 5.82. The summed E-state index contributed by atoms with van der Waals surface area (Å²) in [6, 6.07) is 17.3. The summed E-state index contributed by atoms with van der Waals surface area (Å²) in [6.45, 7) is 2.05. The van der Waals surface area contributed by atoms with E-state index in [1.165, 1.54) is 0 Å². The zero-order valence-corrected chi connectivity index (χ0v) is 14.9. The largest absolute Gasteiger partial charge is 0.324 e. The van der Waals surface area contributed by atoms with Gasteiger partial charge in [-0.25, -0.2) is 15.0 Å². The average Bonchev–Trinajstić information content (AvgIpc) is 3.08. The second kappa shape index (κ2) is 6.98. The van der Waals surface area contributed by atoms with Crippen molar-refractivity contribution in [2.75, 3.05) is 5.32 Å². The number of benzene rings is 1. The Labute approximate surface area is 156 Å². The van der Waals surface area contributed by atoms with Gasteiger partial charge in [-0.2, -0.15) is 0 Å². The van der Waals surface area contributed by atoms with Gasteiger partial charge in [-0.3, -0.25) is 0 Å². The number of aryl methyl sites for hydroxylation is 1. The lowest BCUT2D eigenvalue weighted by Crippen LogP contribution is -2.00. The number of hydrogen-bond donors (Lipinski definition) is 1. The molecule has 0 bridgehead atoms. The van der Waals surface area contributed by atoms with Gasteiger partial charge in [0.1, 0.15) is 5.82 Å². The number of aromatic nitrogens is 4. The summed E-state index contributed by atoms with van der Waals surface area (Å²) < 4.78 is 2.04. The second-order valence-corrected chi connectivity index (χ2v) is 6.26. The van der Waals surface area contributed by atoms with Gasteiger partial charge in [0.2, 0.25) is 5.95 Å². The maximum Gasteiger partial charge on any atom is 0.227 e. The van der Waals surface area contributed by atoms with Crippen molar-refractivity contribution < 1.29 is 0 Å². The number of hydrogen-bond acceptors (Lipinski definition) is 4. The van der Waals surface area contributed by atoms with Crippen molar-refractivity contribution in [1.29, 1.82) is 0 Å². The third-order valence-corrected chi connectivity index (χ3v) is 4.21. The van der Waals surface area contributed by atoms with Gasteiger partial charge < -0.3 is 9.88 Å². The van der Waals surface area contributed by atoms with Crippen LogP contribution in [-0.4, -0.2) is 19.5 Å². The smallest absolute Gasteiger partial charge is 0.227 e. The molecule has 1 aromatic carbocycles. The van der Waals surface area contributed by atoms with E-state index in [0.29, 0.717) is 11.0 Å². The molecule has 0 fully saturated rings. The molecule has 0 saturated heterocycles. The monoisotopic (exact) mass is 361 g/mol. The number of halogens is 1. The average molecular weight is 362 g/mol. The molecule has 26 heavy (non-hydrogen) atoms. The lowest BCUT2D eigenvalue weighted by molar-refractivity contribution is 0.962. The molecular formula is C20H16ClN5. The van der Waals surface area contributed by atoms with E-state index >= 15 is 0 Å². The molecule has 6 heteroatoms. The SMILES string of the molecule is Cc1cccn1-c1cc(-c2ccnc(Nc3cccc(Cl)c3)n2)ccn1. The molecule has 0 aliphatic carbocycles. The molecule has 0 aliphatic heterocycles. The van der Waals surface area contributed by atoms with E-state index in [0.717, 1.165) is 28.5 Å². The summed E-state index contributed by atoms with van der Waals surface area (Å²) in [5, 5.41) is 3.84. The van der Waals surface area contributed by atoms with Crippen molar-refractivity contribution in [3.8, 4) is 17.1 Å². The van der Waals surface area contributed by atoms with Crippen LogP contribution in [0.4, 0.5) is 11.6 Å². The van der Waals surface area contributed by atoms with Crippen molar-refractivity contribution in [2.45, 2.75) is 6.92 Å². The van der Waals surface area contributed by atoms with Crippen molar-refractivity contribution in [1.82, 2.24) is 19.5 Å². The summed E-state index contributed by atoms with van der Waals surface area (Å²) in [5.41, 5.74) is 3.76. The van der Waals surface area contributed by atoms with Gasteiger partial charge in [-0.1, -0.05) is 17.7 Å². The Hall–Kier alpha value is -3.18. The number of anilines is 2. The van der Waals surface area contributed by atoms with Crippen LogP contribution in [0.3, 0.4) is 0 Å². The van der Waals surface area contributed by atoms with Gasteiger partial charge in [0.15, 0.2) is 0 Å². The van der Waals surface area contributed by atoms with Crippen LogP contribution in [0, 0.1) is 6.92 Å². The van der Waals surface area contributed by atoms with Crippen LogP contribution in [-0.2, 0) is 0 Å². The number of nitrogens with one attached hydrogen (secondary N) is 1. The first-order valence-corrected chi connectivity index (χ1v) is 8.53. The van der Waals surface area contributed by atoms with Gasteiger partial charge in [-0.05, 0) is 55.5 Å². The molecule has 0 atom stereocenters. The maximum atomic E-state index is 6.03. The first kappa shape index (κ1) is 16.3. The Kier molecular flexibility index (Phi) is 4.37. The molecule has 0 spiro atoms. The zero-order valence-electron chi connectivity index (χ0n) is 14.1. The first-order chi connectivity index (χ1) is 12.7. The normalized spacial score (nSPS) is 10.7. The third kappa shape index (κ3) is 3.43. The highest BCUT2D eigenvalue weighted by molar-refractivity contribution is 6.30. The molecule has 0 unspecified atom stereocenters. The molecule has 0 aliphatic rings. The Morgan fingerprint density at radius 1 is 0.962 bits per heavy atom. The Morgan fingerprint density at radius 3 is 2.65 bits per heavy atom. The molecule has 5 nitrogen and oxygen atoms in total. The van der Waals surface area contributed by atoms with E-state index in [1.54, 1.807) is 12.4 Å². The molecule has 0 saturated carbocycles. The topological polar surface area (TPSA) is 55.6 Å². The van der Waals surface area contributed by atoms with Crippen LogP contribution < -0.4 is 5.32 Å². The van der Waals surface area contributed by atoms with E-state index < -0.39 is 0 Å². The lowest BCUT2D eigenvalue weighted by Gasteiger charge is -2.09. The minimum absolute atomic E-state index is 0.514. The Morgan fingerprint density at radius 2 is 1.85 bits per heavy atom. The molecule has 128 valence electrons. The van der Waals surface area contributed by atoms with Crippen LogP contribution in [0.5, 0.6) is 0 Å². The minimum Gasteiger partial charge on any atom is -0.324 e. The van der Waals surface area contributed by atoms with Crippen molar-refractivity contribution in [3.05, 3.63) is 83.9 Å². The fourth-order valence-corrected chi connectivity index (χ4v) is 2.90. The highest BCUT2D eigenvalue weighted by atomic mass is 35.5. The maximum absolute atomic E-state index is 6.03. The molecule has 0 amide bonds. The lowest BCUT2D eigenvalue weighted by atomic mass is 10.2. The predicted octanol–water partition coefficient (Wildman–Crippen LogP) is 5.03. The number of nitrogens with zero attached hydrogens (tertiary/aromatic N) is 4. The van der Waals surface area contributed by atoms with E-state index in [-0.39, 0.29) is 0 Å². The van der Waals surface area contributed by atoms with Crippen molar-refractivity contribution >= 4 is 23.2 Å². The molecule has 4 rings (SSSR count). The summed E-state index contributed by atoms with van der Waals surface area (Å²) >= 11 is 6.03. The first-order valence-electron chi connectivity index (χ1n) is 8.15. The fraction of sp³-hybridized carbons (Fsp3) is 0.0500. The van der Waals surface area contributed by atoms with E-state index in [9.17, 15) is 0 Å². The van der Waals surface area contributed by atoms with Gasteiger partial charge in [-0.15, -0.1) is 0 Å². The van der Waals surface area contributed by atoms with Crippen LogP contribution in [0.2, 0.25) is 5.02 Å². The summed E-state index contributed by atoms with van der Waals surface area (Å²) in [5.74, 6) is 1.37. The third-order valence-electron chi connectivity index (χ3n) is 3.98. The molecule has 3 aromatic heterocycles. The predicted molar refractivity (Wildman–Crippen MR) is 104 cm³/mol. The van der Waals surface area contributed by atoms with Crippen LogP contribution in [0.1, 0.15) is 5.69 Å². The van der Waals surface area contributed by atoms with Gasteiger partial charge in [0.25, 0.3) is 0 Å². The van der Waals surface area contributed by atoms with Gasteiger partial charge in [0.05, 0.1) is 5.69 Å². The number of rotatable bonds is 4. The summed E-state index contributed by atoms with van der Waals surface area (Å²) in [6.07, 6.45) is 5.51. The molecule has 1 N–H and O–H groups in total. The van der Waals surface area contributed by atoms with Crippen LogP contribution in [0.15, 0.2) is 73.2 Å². The molecule has 3 heterocycles. The zero-order chi connectivity index (χ0) is 17.9. The van der Waals surface area contributed by atoms with Gasteiger partial charge >= 0.3 is 0 Å². The fourth-order valence-electron chi connectivity index (χ4n) is 2.71. The molecule has 0 radical (unpaired) electrons. The molecule has 4 aromatic rings. The Balaban J connectivity index is 1.65. The highest BCUT2D eigenvalue weighted by Crippen LogP contribution is 2.22. The van der Waals surface area contributed by atoms with E-state index in [4.69, 9.17) is 11.6 Å². The quantitative estimate of drug-likeness (QED) is 0.553. The summed E-state index contributed by atoms with van der Waals surface area (Å²) in [7, 11) is 0. The minimum atomic E-state index is 0.514. The van der Waals surface area contributed by atoms with Gasteiger partial charge in [0, 0.05) is 40.6 Å².